The zero-order chi connectivity index (χ0) is 22.5. The van der Waals surface area contributed by atoms with Gasteiger partial charge in [-0.3, -0.25) is 4.99 Å². The molecule has 2 N–H and O–H groups in total. The van der Waals surface area contributed by atoms with E-state index in [4.69, 9.17) is 10.8 Å². The van der Waals surface area contributed by atoms with Crippen LogP contribution in [0.1, 0.15) is 47.5 Å². The number of dihydropyridines is 1. The van der Waals surface area contributed by atoms with Crippen molar-refractivity contribution in [3.63, 3.8) is 0 Å². The Labute approximate surface area is 196 Å². The summed E-state index contributed by atoms with van der Waals surface area (Å²) in [7, 11) is 0. The summed E-state index contributed by atoms with van der Waals surface area (Å²) in [5.41, 5.74) is 5.75. The number of hydrazine groups is 1. The second-order valence-electron chi connectivity index (χ2n) is 8.56. The minimum atomic E-state index is -0.169. The average Bonchev–Trinajstić information content (AvgIpc) is 2.91. The Morgan fingerprint density at radius 2 is 1.39 bits per heavy atom. The summed E-state index contributed by atoms with van der Waals surface area (Å²) in [5.74, 6) is 7.20. The lowest BCUT2D eigenvalue weighted by molar-refractivity contribution is 0.298. The summed E-state index contributed by atoms with van der Waals surface area (Å²) in [6, 6.07) is 31.6. The molecule has 1 aliphatic heterocycles. The molecule has 0 radical (unpaired) electrons. The third-order valence-electron chi connectivity index (χ3n) is 6.44. The van der Waals surface area contributed by atoms with Gasteiger partial charge >= 0.3 is 0 Å². The number of hydrogen-bond acceptors (Lipinski definition) is 3. The average molecular weight is 432 g/mol. The lowest BCUT2D eigenvalue weighted by atomic mass is 9.87. The molecule has 3 aromatic rings. The number of aliphatic imine (C=N–C) groups is 1. The SMILES string of the molecule is NN(C1=CC=CCC1c1ccccc1)C(C1=NC(c2ccccc2)CC=C1)c1ccccc1. The Bertz CT molecular complexity index is 1180. The molecule has 0 aromatic heterocycles. The molecule has 0 bridgehead atoms. The van der Waals surface area contributed by atoms with Crippen LogP contribution in [0.25, 0.3) is 0 Å². The van der Waals surface area contributed by atoms with Gasteiger partial charge in [0, 0.05) is 11.6 Å². The second-order valence-corrected chi connectivity index (χ2v) is 8.56. The zero-order valence-corrected chi connectivity index (χ0v) is 18.7. The fourth-order valence-corrected chi connectivity index (χ4v) is 4.78. The number of nitrogens with two attached hydrogens (primary N) is 1. The maximum Gasteiger partial charge on any atom is 0.111 e. The van der Waals surface area contributed by atoms with Gasteiger partial charge in [0.05, 0.1) is 11.8 Å². The first kappa shape index (κ1) is 21.2. The van der Waals surface area contributed by atoms with Crippen molar-refractivity contribution in [1.82, 2.24) is 5.01 Å². The molecule has 0 spiro atoms. The van der Waals surface area contributed by atoms with Crippen LogP contribution in [0.15, 0.2) is 132 Å². The smallest absolute Gasteiger partial charge is 0.111 e. The first-order valence-electron chi connectivity index (χ1n) is 11.6. The molecule has 164 valence electrons. The van der Waals surface area contributed by atoms with Crippen LogP contribution in [0.4, 0.5) is 0 Å². The van der Waals surface area contributed by atoms with Gasteiger partial charge in [-0.1, -0.05) is 109 Å². The van der Waals surface area contributed by atoms with Crippen LogP contribution in [0.5, 0.6) is 0 Å². The number of rotatable bonds is 6. The van der Waals surface area contributed by atoms with E-state index in [0.29, 0.717) is 0 Å². The van der Waals surface area contributed by atoms with Crippen molar-refractivity contribution in [2.75, 3.05) is 0 Å². The highest BCUT2D eigenvalue weighted by Gasteiger charge is 2.30. The fourth-order valence-electron chi connectivity index (χ4n) is 4.78. The normalized spacial score (nSPS) is 20.6. The van der Waals surface area contributed by atoms with E-state index in [1.54, 1.807) is 0 Å². The molecule has 0 amide bonds. The molecule has 0 saturated carbocycles. The lowest BCUT2D eigenvalue weighted by Crippen LogP contribution is -2.41. The predicted octanol–water partition coefficient (Wildman–Crippen LogP) is 6.67. The summed E-state index contributed by atoms with van der Waals surface area (Å²) >= 11 is 0. The van der Waals surface area contributed by atoms with Crippen LogP contribution in [-0.4, -0.2) is 10.7 Å². The Morgan fingerprint density at radius 1 is 0.758 bits per heavy atom. The van der Waals surface area contributed by atoms with Gasteiger partial charge in [0.25, 0.3) is 0 Å². The van der Waals surface area contributed by atoms with E-state index in [1.807, 2.05) is 17.1 Å². The highest BCUT2D eigenvalue weighted by atomic mass is 15.4. The molecule has 0 saturated heterocycles. The Balaban J connectivity index is 1.54. The van der Waals surface area contributed by atoms with Crippen LogP contribution in [0, 0.1) is 0 Å². The van der Waals surface area contributed by atoms with Crippen molar-refractivity contribution >= 4 is 5.71 Å². The molecule has 3 nitrogen and oxygen atoms in total. The predicted molar refractivity (Wildman–Crippen MR) is 137 cm³/mol. The molecule has 3 heteroatoms. The van der Waals surface area contributed by atoms with Crippen molar-refractivity contribution < 1.29 is 0 Å². The molecule has 1 heterocycles. The van der Waals surface area contributed by atoms with E-state index in [2.05, 4.69) is 109 Å². The van der Waals surface area contributed by atoms with Crippen LogP contribution >= 0.6 is 0 Å². The first-order valence-corrected chi connectivity index (χ1v) is 11.6. The van der Waals surface area contributed by atoms with Crippen molar-refractivity contribution in [2.24, 2.45) is 10.8 Å². The third kappa shape index (κ3) is 4.59. The molecule has 3 unspecified atom stereocenters. The maximum atomic E-state index is 6.98. The van der Waals surface area contributed by atoms with Gasteiger partial charge in [0.2, 0.25) is 0 Å². The third-order valence-corrected chi connectivity index (χ3v) is 6.44. The van der Waals surface area contributed by atoms with Crippen LogP contribution in [-0.2, 0) is 0 Å². The largest absolute Gasteiger partial charge is 0.301 e. The lowest BCUT2D eigenvalue weighted by Gasteiger charge is -2.37. The highest BCUT2D eigenvalue weighted by molar-refractivity contribution is 6.00. The first-order chi connectivity index (χ1) is 16.3. The van der Waals surface area contributed by atoms with E-state index in [9.17, 15) is 0 Å². The molecule has 0 fully saturated rings. The summed E-state index contributed by atoms with van der Waals surface area (Å²) in [6.45, 7) is 0. The molecular formula is C30H29N3. The molecule has 33 heavy (non-hydrogen) atoms. The Hall–Kier alpha value is -3.69. The van der Waals surface area contributed by atoms with Gasteiger partial charge in [-0.25, -0.2) is 5.84 Å². The number of benzene rings is 3. The standard InChI is InChI=1S/C30H29N3/c31-33(29-22-11-10-19-26(29)23-13-4-1-5-14-23)30(25-17-8-3-9-18-25)28-21-12-20-27(32-28)24-15-6-2-7-16-24/h1-18,21-22,26-27,30H,19-20,31H2. The summed E-state index contributed by atoms with van der Waals surface area (Å²) < 4.78 is 0. The molecular weight excluding hydrogens is 402 g/mol. The van der Waals surface area contributed by atoms with Crippen LogP contribution < -0.4 is 5.84 Å². The minimum absolute atomic E-state index is 0.107. The molecule has 3 aromatic carbocycles. The zero-order valence-electron chi connectivity index (χ0n) is 18.7. The summed E-state index contributed by atoms with van der Waals surface area (Å²) in [4.78, 5) is 5.21. The van der Waals surface area contributed by atoms with Gasteiger partial charge < -0.3 is 5.01 Å². The van der Waals surface area contributed by atoms with Crippen molar-refractivity contribution in [3.05, 3.63) is 144 Å². The topological polar surface area (TPSA) is 41.6 Å². The van der Waals surface area contributed by atoms with E-state index in [0.717, 1.165) is 29.8 Å². The van der Waals surface area contributed by atoms with E-state index >= 15 is 0 Å². The minimum Gasteiger partial charge on any atom is -0.301 e. The second kappa shape index (κ2) is 9.85. The van der Waals surface area contributed by atoms with Gasteiger partial charge in [0.15, 0.2) is 0 Å². The van der Waals surface area contributed by atoms with Gasteiger partial charge in [-0.15, -0.1) is 0 Å². The fraction of sp³-hybridized carbons (Fsp3) is 0.167. The quantitative estimate of drug-likeness (QED) is 0.350. The maximum absolute atomic E-state index is 6.98. The summed E-state index contributed by atoms with van der Waals surface area (Å²) in [5, 5.41) is 1.94. The van der Waals surface area contributed by atoms with Gasteiger partial charge in [-0.05, 0) is 41.7 Å². The summed E-state index contributed by atoms with van der Waals surface area (Å²) in [6.07, 6.45) is 12.7. The van der Waals surface area contributed by atoms with Gasteiger partial charge in [-0.2, -0.15) is 0 Å². The molecule has 1 aliphatic carbocycles. The molecule has 2 aliphatic rings. The van der Waals surface area contributed by atoms with Crippen molar-refractivity contribution in [3.8, 4) is 0 Å². The van der Waals surface area contributed by atoms with E-state index < -0.39 is 0 Å². The van der Waals surface area contributed by atoms with Crippen molar-refractivity contribution in [2.45, 2.75) is 30.8 Å². The number of hydrogen-bond donors (Lipinski definition) is 1. The Kier molecular flexibility index (Phi) is 6.32. The van der Waals surface area contributed by atoms with Crippen LogP contribution in [0.3, 0.4) is 0 Å². The molecule has 3 atom stereocenters. The van der Waals surface area contributed by atoms with Gasteiger partial charge in [0.1, 0.15) is 6.04 Å². The van der Waals surface area contributed by atoms with Crippen LogP contribution in [0.2, 0.25) is 0 Å². The molecule has 5 rings (SSSR count). The monoisotopic (exact) mass is 431 g/mol. The van der Waals surface area contributed by atoms with Crippen molar-refractivity contribution in [1.29, 1.82) is 0 Å². The Morgan fingerprint density at radius 3 is 2.09 bits per heavy atom. The number of nitrogens with zero attached hydrogens (tertiary/aromatic N) is 2. The number of allylic oxidation sites excluding steroid dienone is 4. The van der Waals surface area contributed by atoms with E-state index in [1.165, 1.54) is 11.1 Å². The highest BCUT2D eigenvalue weighted by Crippen LogP contribution is 2.38. The van der Waals surface area contributed by atoms with E-state index in [-0.39, 0.29) is 18.0 Å².